The summed E-state index contributed by atoms with van der Waals surface area (Å²) >= 11 is 0. The molecule has 0 saturated heterocycles. The maximum atomic E-state index is 12.9. The van der Waals surface area contributed by atoms with E-state index in [4.69, 9.17) is 5.73 Å². The van der Waals surface area contributed by atoms with Crippen molar-refractivity contribution in [1.29, 1.82) is 0 Å². The van der Waals surface area contributed by atoms with Gasteiger partial charge in [0.1, 0.15) is 17.5 Å². The van der Waals surface area contributed by atoms with Gasteiger partial charge >= 0.3 is 0 Å². The molecule has 0 spiro atoms. The number of anilines is 3. The molecule has 0 aliphatic heterocycles. The molecule has 1 heterocycles. The van der Waals surface area contributed by atoms with Gasteiger partial charge in [0.15, 0.2) is 0 Å². The fourth-order valence-corrected chi connectivity index (χ4v) is 1.72. The highest BCUT2D eigenvalue weighted by molar-refractivity contribution is 5.51. The summed E-state index contributed by atoms with van der Waals surface area (Å²) in [7, 11) is 1.76. The number of hydrogen-bond acceptors (Lipinski definition) is 5. The number of halogens is 1. The summed E-state index contributed by atoms with van der Waals surface area (Å²) in [6.07, 6.45) is 0. The van der Waals surface area contributed by atoms with Crippen LogP contribution in [0.5, 0.6) is 0 Å². The van der Waals surface area contributed by atoms with E-state index in [-0.39, 0.29) is 17.8 Å². The van der Waals surface area contributed by atoms with Crippen molar-refractivity contribution in [2.45, 2.75) is 13.0 Å². The summed E-state index contributed by atoms with van der Waals surface area (Å²) in [6.45, 7) is 1.96. The molecule has 4 N–H and O–H groups in total. The van der Waals surface area contributed by atoms with E-state index in [0.29, 0.717) is 11.6 Å². The van der Waals surface area contributed by atoms with Gasteiger partial charge in [-0.1, -0.05) is 12.1 Å². The fraction of sp³-hybridized carbons (Fsp3) is 0.231. The third-order valence-electron chi connectivity index (χ3n) is 2.73. The number of nitrogens with zero attached hydrogens (tertiary/aromatic N) is 2. The van der Waals surface area contributed by atoms with Gasteiger partial charge < -0.3 is 16.4 Å². The molecule has 0 amide bonds. The smallest absolute Gasteiger partial charge is 0.223 e. The quantitative estimate of drug-likeness (QED) is 0.788. The Morgan fingerprint density at radius 3 is 2.42 bits per heavy atom. The summed E-state index contributed by atoms with van der Waals surface area (Å²) in [6, 6.07) is 8.07. The van der Waals surface area contributed by atoms with Crippen LogP contribution < -0.4 is 16.4 Å². The topological polar surface area (TPSA) is 75.9 Å². The summed E-state index contributed by atoms with van der Waals surface area (Å²) < 4.78 is 12.9. The highest BCUT2D eigenvalue weighted by Crippen LogP contribution is 2.20. The lowest BCUT2D eigenvalue weighted by Crippen LogP contribution is -2.10. The molecule has 0 saturated carbocycles. The molecule has 6 heteroatoms. The van der Waals surface area contributed by atoms with Crippen LogP contribution in [0.15, 0.2) is 30.3 Å². The molecule has 0 aliphatic rings. The van der Waals surface area contributed by atoms with Gasteiger partial charge in [-0.05, 0) is 24.6 Å². The van der Waals surface area contributed by atoms with E-state index >= 15 is 0 Å². The lowest BCUT2D eigenvalue weighted by atomic mass is 10.1. The van der Waals surface area contributed by atoms with Crippen molar-refractivity contribution < 1.29 is 4.39 Å². The Balaban J connectivity index is 2.16. The predicted molar refractivity (Wildman–Crippen MR) is 74.4 cm³/mol. The zero-order chi connectivity index (χ0) is 13.8. The average molecular weight is 261 g/mol. The third-order valence-corrected chi connectivity index (χ3v) is 2.73. The number of hydrogen-bond donors (Lipinski definition) is 3. The zero-order valence-electron chi connectivity index (χ0n) is 10.8. The van der Waals surface area contributed by atoms with Gasteiger partial charge in [0, 0.05) is 19.2 Å². The summed E-state index contributed by atoms with van der Waals surface area (Å²) in [5.41, 5.74) is 6.58. The monoisotopic (exact) mass is 261 g/mol. The van der Waals surface area contributed by atoms with Crippen molar-refractivity contribution in [2.24, 2.45) is 0 Å². The molecule has 5 nitrogen and oxygen atoms in total. The van der Waals surface area contributed by atoms with E-state index in [2.05, 4.69) is 20.6 Å². The summed E-state index contributed by atoms with van der Waals surface area (Å²) in [5.74, 6) is 1.20. The molecule has 1 aromatic carbocycles. The second-order valence-corrected chi connectivity index (χ2v) is 4.16. The largest absolute Gasteiger partial charge is 0.373 e. The van der Waals surface area contributed by atoms with Gasteiger partial charge in [0.2, 0.25) is 5.95 Å². The Hall–Kier alpha value is -2.37. The molecule has 19 heavy (non-hydrogen) atoms. The Morgan fingerprint density at radius 1 is 1.16 bits per heavy atom. The predicted octanol–water partition coefficient (Wildman–Crippen LogP) is 2.41. The van der Waals surface area contributed by atoms with Gasteiger partial charge in [-0.2, -0.15) is 9.97 Å². The number of rotatable bonds is 4. The van der Waals surface area contributed by atoms with Gasteiger partial charge in [0.05, 0.1) is 0 Å². The van der Waals surface area contributed by atoms with Crippen LogP contribution in [-0.4, -0.2) is 17.0 Å². The van der Waals surface area contributed by atoms with E-state index < -0.39 is 0 Å². The van der Waals surface area contributed by atoms with Crippen molar-refractivity contribution >= 4 is 17.6 Å². The van der Waals surface area contributed by atoms with Crippen molar-refractivity contribution in [3.05, 3.63) is 41.7 Å². The lowest BCUT2D eigenvalue weighted by Gasteiger charge is -2.15. The molecule has 0 radical (unpaired) electrons. The molecule has 100 valence electrons. The Morgan fingerprint density at radius 2 is 1.79 bits per heavy atom. The molecule has 0 fully saturated rings. The second-order valence-electron chi connectivity index (χ2n) is 4.16. The van der Waals surface area contributed by atoms with Crippen LogP contribution in [-0.2, 0) is 0 Å². The van der Waals surface area contributed by atoms with Gasteiger partial charge in [-0.15, -0.1) is 0 Å². The van der Waals surface area contributed by atoms with E-state index in [1.807, 2.05) is 6.92 Å². The van der Waals surface area contributed by atoms with Crippen molar-refractivity contribution in [3.8, 4) is 0 Å². The molecular weight excluding hydrogens is 245 g/mol. The number of nitrogen functional groups attached to an aromatic ring is 1. The van der Waals surface area contributed by atoms with Crippen LogP contribution in [0.2, 0.25) is 0 Å². The number of aromatic nitrogens is 2. The normalized spacial score (nSPS) is 11.9. The van der Waals surface area contributed by atoms with E-state index in [1.165, 1.54) is 12.1 Å². The van der Waals surface area contributed by atoms with Crippen LogP contribution in [0.3, 0.4) is 0 Å². The van der Waals surface area contributed by atoms with Crippen LogP contribution >= 0.6 is 0 Å². The molecule has 1 aromatic heterocycles. The molecular formula is C13H16FN5. The first-order valence-corrected chi connectivity index (χ1v) is 5.93. The number of nitrogens with one attached hydrogen (secondary N) is 2. The molecule has 2 aromatic rings. The first kappa shape index (κ1) is 13.1. The van der Waals surface area contributed by atoms with Crippen LogP contribution in [0.4, 0.5) is 22.0 Å². The van der Waals surface area contributed by atoms with Crippen LogP contribution in [0.1, 0.15) is 18.5 Å². The highest BCUT2D eigenvalue weighted by atomic mass is 19.1. The van der Waals surface area contributed by atoms with E-state index in [1.54, 1.807) is 25.2 Å². The standard InChI is InChI=1S/C13H16FN5/c1-8(9-3-5-10(14)6-4-9)17-12-7-11(16-2)18-13(15)19-12/h3-8H,1-2H3,(H4,15,16,17,18,19). The van der Waals surface area contributed by atoms with Gasteiger partial charge in [-0.25, -0.2) is 4.39 Å². The Kier molecular flexibility index (Phi) is 3.79. The minimum absolute atomic E-state index is 0.0143. The SMILES string of the molecule is CNc1cc(NC(C)c2ccc(F)cc2)nc(N)n1. The van der Waals surface area contributed by atoms with Gasteiger partial charge in [0.25, 0.3) is 0 Å². The van der Waals surface area contributed by atoms with Crippen molar-refractivity contribution in [2.75, 3.05) is 23.4 Å². The first-order valence-electron chi connectivity index (χ1n) is 5.93. The number of nitrogens with two attached hydrogens (primary N) is 1. The minimum Gasteiger partial charge on any atom is -0.373 e. The van der Waals surface area contributed by atoms with E-state index in [9.17, 15) is 4.39 Å². The average Bonchev–Trinajstić information content (AvgIpc) is 2.38. The zero-order valence-corrected chi connectivity index (χ0v) is 10.8. The Labute approximate surface area is 111 Å². The fourth-order valence-electron chi connectivity index (χ4n) is 1.72. The molecule has 2 rings (SSSR count). The maximum Gasteiger partial charge on any atom is 0.223 e. The van der Waals surface area contributed by atoms with Gasteiger partial charge in [-0.3, -0.25) is 0 Å². The van der Waals surface area contributed by atoms with Crippen molar-refractivity contribution in [3.63, 3.8) is 0 Å². The summed E-state index contributed by atoms with van der Waals surface area (Å²) in [5, 5.41) is 6.11. The van der Waals surface area contributed by atoms with Crippen LogP contribution in [0.25, 0.3) is 0 Å². The highest BCUT2D eigenvalue weighted by Gasteiger charge is 2.08. The Bertz CT molecular complexity index is 555. The molecule has 1 atom stereocenters. The first-order chi connectivity index (χ1) is 9.08. The van der Waals surface area contributed by atoms with E-state index in [0.717, 1.165) is 5.56 Å². The molecule has 0 bridgehead atoms. The lowest BCUT2D eigenvalue weighted by molar-refractivity contribution is 0.626. The van der Waals surface area contributed by atoms with Crippen molar-refractivity contribution in [1.82, 2.24) is 9.97 Å². The minimum atomic E-state index is -0.250. The third kappa shape index (κ3) is 3.31. The molecule has 1 unspecified atom stereocenters. The number of benzene rings is 1. The summed E-state index contributed by atoms with van der Waals surface area (Å²) in [4.78, 5) is 8.12. The molecule has 0 aliphatic carbocycles. The van der Waals surface area contributed by atoms with Crippen LogP contribution in [0, 0.1) is 5.82 Å². The second kappa shape index (κ2) is 5.51. The maximum absolute atomic E-state index is 12.9.